The van der Waals surface area contributed by atoms with Crippen molar-refractivity contribution in [3.63, 3.8) is 0 Å². The molecule has 0 saturated heterocycles. The SMILES string of the molecule is N#Cc1cc(C(=O)O)ccc1Oc1cc(F)ccc1Br. The zero-order valence-electron chi connectivity index (χ0n) is 9.93. The number of ether oxygens (including phenoxy) is 1. The minimum atomic E-state index is -1.14. The van der Waals surface area contributed by atoms with Gasteiger partial charge in [-0.2, -0.15) is 5.26 Å². The van der Waals surface area contributed by atoms with Crippen molar-refractivity contribution in [3.05, 3.63) is 57.8 Å². The second-order valence-electron chi connectivity index (χ2n) is 3.80. The summed E-state index contributed by atoms with van der Waals surface area (Å²) in [5.41, 5.74) is 0.0354. The lowest BCUT2D eigenvalue weighted by Crippen LogP contribution is -1.98. The van der Waals surface area contributed by atoms with E-state index >= 15 is 0 Å². The highest BCUT2D eigenvalue weighted by molar-refractivity contribution is 9.10. The highest BCUT2D eigenvalue weighted by Gasteiger charge is 2.12. The molecule has 0 aliphatic rings. The number of carbonyl (C=O) groups is 1. The van der Waals surface area contributed by atoms with Crippen LogP contribution in [0, 0.1) is 17.1 Å². The largest absolute Gasteiger partial charge is 0.478 e. The predicted molar refractivity (Wildman–Crippen MR) is 72.3 cm³/mol. The van der Waals surface area contributed by atoms with Crippen molar-refractivity contribution in [2.24, 2.45) is 0 Å². The number of nitrogens with zero attached hydrogens (tertiary/aromatic N) is 1. The topological polar surface area (TPSA) is 70.3 Å². The van der Waals surface area contributed by atoms with Crippen LogP contribution in [0.2, 0.25) is 0 Å². The third-order valence-corrected chi connectivity index (χ3v) is 3.12. The van der Waals surface area contributed by atoms with Crippen LogP contribution in [-0.4, -0.2) is 11.1 Å². The number of hydrogen-bond acceptors (Lipinski definition) is 3. The van der Waals surface area contributed by atoms with E-state index in [0.717, 1.165) is 6.07 Å². The fourth-order valence-corrected chi connectivity index (χ4v) is 1.84. The summed E-state index contributed by atoms with van der Waals surface area (Å²) in [5, 5.41) is 17.9. The van der Waals surface area contributed by atoms with Crippen molar-refractivity contribution in [1.29, 1.82) is 5.26 Å². The van der Waals surface area contributed by atoms with E-state index in [1.165, 1.54) is 30.3 Å². The second kappa shape index (κ2) is 5.72. The van der Waals surface area contributed by atoms with Gasteiger partial charge in [-0.15, -0.1) is 0 Å². The first-order valence-corrected chi connectivity index (χ1v) is 6.21. The van der Waals surface area contributed by atoms with E-state index in [9.17, 15) is 9.18 Å². The summed E-state index contributed by atoms with van der Waals surface area (Å²) in [5.74, 6) is -1.27. The summed E-state index contributed by atoms with van der Waals surface area (Å²) in [6, 6.07) is 9.62. The Morgan fingerprint density at radius 2 is 2.00 bits per heavy atom. The molecule has 0 aliphatic heterocycles. The van der Waals surface area contributed by atoms with Crippen LogP contribution in [0.15, 0.2) is 40.9 Å². The summed E-state index contributed by atoms with van der Waals surface area (Å²) in [4.78, 5) is 10.8. The normalized spacial score (nSPS) is 9.85. The Morgan fingerprint density at radius 1 is 1.25 bits per heavy atom. The maximum absolute atomic E-state index is 13.2. The molecule has 2 aromatic carbocycles. The Bertz CT molecular complexity index is 725. The molecule has 0 spiro atoms. The van der Waals surface area contributed by atoms with E-state index in [2.05, 4.69) is 15.9 Å². The standard InChI is InChI=1S/C14H7BrFNO3/c15-11-3-2-10(16)6-13(11)20-12-4-1-8(14(18)19)5-9(12)7-17/h1-6H,(H,18,19). The molecule has 0 unspecified atom stereocenters. The van der Waals surface area contributed by atoms with Crippen LogP contribution in [0.25, 0.3) is 0 Å². The molecule has 2 rings (SSSR count). The molecule has 0 atom stereocenters. The number of halogens is 2. The second-order valence-corrected chi connectivity index (χ2v) is 4.66. The van der Waals surface area contributed by atoms with Crippen LogP contribution in [0.4, 0.5) is 4.39 Å². The fourth-order valence-electron chi connectivity index (χ4n) is 1.51. The van der Waals surface area contributed by atoms with Crippen LogP contribution >= 0.6 is 15.9 Å². The van der Waals surface area contributed by atoms with Gasteiger partial charge in [0.2, 0.25) is 0 Å². The quantitative estimate of drug-likeness (QED) is 0.921. The van der Waals surface area contributed by atoms with Crippen LogP contribution in [0.5, 0.6) is 11.5 Å². The minimum absolute atomic E-state index is 0.0211. The molecule has 6 heteroatoms. The van der Waals surface area contributed by atoms with Crippen LogP contribution in [0.1, 0.15) is 15.9 Å². The lowest BCUT2D eigenvalue weighted by atomic mass is 10.1. The number of carboxylic acid groups (broad SMARTS) is 1. The molecule has 1 N–H and O–H groups in total. The monoisotopic (exact) mass is 335 g/mol. The van der Waals surface area contributed by atoms with Gasteiger partial charge >= 0.3 is 5.97 Å². The van der Waals surface area contributed by atoms with E-state index in [0.29, 0.717) is 4.47 Å². The van der Waals surface area contributed by atoms with Gasteiger partial charge in [0.15, 0.2) is 0 Å². The van der Waals surface area contributed by atoms with Gasteiger partial charge in [0.1, 0.15) is 23.4 Å². The van der Waals surface area contributed by atoms with Crippen molar-refractivity contribution >= 4 is 21.9 Å². The first-order chi connectivity index (χ1) is 9.51. The van der Waals surface area contributed by atoms with Gasteiger partial charge in [0.05, 0.1) is 15.6 Å². The van der Waals surface area contributed by atoms with Crippen LogP contribution in [-0.2, 0) is 0 Å². The van der Waals surface area contributed by atoms with Gasteiger partial charge in [0.25, 0.3) is 0 Å². The molecule has 0 fully saturated rings. The van der Waals surface area contributed by atoms with Crippen molar-refractivity contribution < 1.29 is 19.0 Å². The van der Waals surface area contributed by atoms with Gasteiger partial charge in [-0.1, -0.05) is 0 Å². The molecular formula is C14H7BrFNO3. The molecule has 0 aromatic heterocycles. The first kappa shape index (κ1) is 14.0. The molecule has 0 aliphatic carbocycles. The molecule has 2 aromatic rings. The van der Waals surface area contributed by atoms with Crippen LogP contribution < -0.4 is 4.74 Å². The summed E-state index contributed by atoms with van der Waals surface area (Å²) >= 11 is 3.20. The summed E-state index contributed by atoms with van der Waals surface area (Å²) < 4.78 is 19.1. The highest BCUT2D eigenvalue weighted by Crippen LogP contribution is 2.32. The predicted octanol–water partition coefficient (Wildman–Crippen LogP) is 3.95. The minimum Gasteiger partial charge on any atom is -0.478 e. The molecule has 0 amide bonds. The lowest BCUT2D eigenvalue weighted by Gasteiger charge is -2.09. The third kappa shape index (κ3) is 2.95. The van der Waals surface area contributed by atoms with Crippen molar-refractivity contribution in [3.8, 4) is 17.6 Å². The number of carboxylic acids is 1. The van der Waals surface area contributed by atoms with E-state index in [1.807, 2.05) is 6.07 Å². The highest BCUT2D eigenvalue weighted by atomic mass is 79.9. The average Bonchev–Trinajstić information content (AvgIpc) is 2.43. The van der Waals surface area contributed by atoms with Crippen molar-refractivity contribution in [2.75, 3.05) is 0 Å². The maximum atomic E-state index is 13.2. The summed E-state index contributed by atoms with van der Waals surface area (Å²) in [6.45, 7) is 0. The number of hydrogen-bond donors (Lipinski definition) is 1. The van der Waals surface area contributed by atoms with E-state index in [4.69, 9.17) is 15.1 Å². The number of benzene rings is 2. The van der Waals surface area contributed by atoms with E-state index in [1.54, 1.807) is 0 Å². The average molecular weight is 336 g/mol. The molecule has 20 heavy (non-hydrogen) atoms. The lowest BCUT2D eigenvalue weighted by molar-refractivity contribution is 0.0697. The molecule has 0 radical (unpaired) electrons. The Hall–Kier alpha value is -2.39. The molecule has 4 nitrogen and oxygen atoms in total. The summed E-state index contributed by atoms with van der Waals surface area (Å²) in [7, 11) is 0. The Morgan fingerprint density at radius 3 is 2.65 bits per heavy atom. The van der Waals surface area contributed by atoms with E-state index < -0.39 is 11.8 Å². The first-order valence-electron chi connectivity index (χ1n) is 5.41. The van der Waals surface area contributed by atoms with Gasteiger partial charge in [-0.05, 0) is 46.3 Å². The zero-order chi connectivity index (χ0) is 14.7. The van der Waals surface area contributed by atoms with Gasteiger partial charge < -0.3 is 9.84 Å². The number of aromatic carboxylic acids is 1. The molecule has 100 valence electrons. The summed E-state index contributed by atoms with van der Waals surface area (Å²) in [6.07, 6.45) is 0. The van der Waals surface area contributed by atoms with E-state index in [-0.39, 0.29) is 22.6 Å². The molecule has 0 bridgehead atoms. The van der Waals surface area contributed by atoms with Gasteiger partial charge in [-0.25, -0.2) is 9.18 Å². The van der Waals surface area contributed by atoms with Gasteiger partial charge in [-0.3, -0.25) is 0 Å². The molecular weight excluding hydrogens is 329 g/mol. The van der Waals surface area contributed by atoms with Crippen LogP contribution in [0.3, 0.4) is 0 Å². The molecule has 0 saturated carbocycles. The zero-order valence-corrected chi connectivity index (χ0v) is 11.5. The Kier molecular flexibility index (Phi) is 4.01. The van der Waals surface area contributed by atoms with Crippen molar-refractivity contribution in [1.82, 2.24) is 0 Å². The number of rotatable bonds is 3. The maximum Gasteiger partial charge on any atom is 0.335 e. The Balaban J connectivity index is 2.41. The number of nitriles is 1. The van der Waals surface area contributed by atoms with Gasteiger partial charge in [0, 0.05) is 6.07 Å². The molecule has 0 heterocycles. The fraction of sp³-hybridized carbons (Fsp3) is 0. The Labute approximate surface area is 122 Å². The third-order valence-electron chi connectivity index (χ3n) is 2.46. The smallest absolute Gasteiger partial charge is 0.335 e. The van der Waals surface area contributed by atoms with Crippen molar-refractivity contribution in [2.45, 2.75) is 0 Å².